The van der Waals surface area contributed by atoms with Crippen LogP contribution in [0.25, 0.3) is 11.1 Å². The lowest BCUT2D eigenvalue weighted by Crippen LogP contribution is -2.40. The standard InChI is InChI=1S/C31H35NO8/c1-21-8-6-11-24(18-21)25-19-28(40-27(25)12-7-14-37-16-17-38-15-13-33)29(34)22(2)30(35)32-26(20-39-31(32)36)23-9-4-3-5-10-23/h3-6,8-11,18-19,22,26,33H,7,12-17,20H2,1-2H3/t22-,26+/m0/s1. The highest BCUT2D eigenvalue weighted by molar-refractivity contribution is 6.12. The molecule has 1 saturated heterocycles. The quantitative estimate of drug-likeness (QED) is 0.174. The van der Waals surface area contributed by atoms with Gasteiger partial charge in [0.05, 0.1) is 26.4 Å². The Balaban J connectivity index is 1.49. The van der Waals surface area contributed by atoms with Gasteiger partial charge in [-0.3, -0.25) is 9.59 Å². The first-order chi connectivity index (χ1) is 19.4. The summed E-state index contributed by atoms with van der Waals surface area (Å²) in [5.74, 6) is -1.60. The predicted molar refractivity (Wildman–Crippen MR) is 147 cm³/mol. The van der Waals surface area contributed by atoms with Gasteiger partial charge in [-0.1, -0.05) is 60.2 Å². The third-order valence-corrected chi connectivity index (χ3v) is 6.74. The van der Waals surface area contributed by atoms with Crippen molar-refractivity contribution >= 4 is 17.8 Å². The van der Waals surface area contributed by atoms with Gasteiger partial charge in [0.25, 0.3) is 0 Å². The summed E-state index contributed by atoms with van der Waals surface area (Å²) in [4.78, 5) is 40.5. The lowest BCUT2D eigenvalue weighted by Gasteiger charge is -2.22. The van der Waals surface area contributed by atoms with Crippen molar-refractivity contribution in [2.24, 2.45) is 5.92 Å². The van der Waals surface area contributed by atoms with E-state index in [9.17, 15) is 14.4 Å². The number of carbonyl (C=O) groups excluding carboxylic acids is 3. The lowest BCUT2D eigenvalue weighted by molar-refractivity contribution is -0.131. The topological polar surface area (TPSA) is 116 Å². The molecule has 9 heteroatoms. The molecule has 4 rings (SSSR count). The molecule has 0 unspecified atom stereocenters. The Morgan fingerprint density at radius 1 is 1.02 bits per heavy atom. The number of benzene rings is 2. The number of aryl methyl sites for hydroxylation is 2. The maximum absolute atomic E-state index is 13.5. The van der Waals surface area contributed by atoms with E-state index >= 15 is 0 Å². The molecule has 3 aromatic rings. The summed E-state index contributed by atoms with van der Waals surface area (Å²) in [6, 6.07) is 18.1. The minimum Gasteiger partial charge on any atom is -0.457 e. The average Bonchev–Trinajstić information content (AvgIpc) is 3.57. The summed E-state index contributed by atoms with van der Waals surface area (Å²) in [7, 11) is 0. The second-order valence-corrected chi connectivity index (χ2v) is 9.67. The van der Waals surface area contributed by atoms with E-state index in [1.165, 1.54) is 6.92 Å². The largest absolute Gasteiger partial charge is 0.457 e. The van der Waals surface area contributed by atoms with Crippen LogP contribution >= 0.6 is 0 Å². The fourth-order valence-corrected chi connectivity index (χ4v) is 4.63. The van der Waals surface area contributed by atoms with Crippen molar-refractivity contribution in [2.45, 2.75) is 32.7 Å². The molecule has 1 fully saturated rings. The van der Waals surface area contributed by atoms with E-state index in [-0.39, 0.29) is 25.6 Å². The van der Waals surface area contributed by atoms with Crippen LogP contribution in [0.1, 0.15) is 46.8 Å². The molecular formula is C31H35NO8. The lowest BCUT2D eigenvalue weighted by atomic mass is 9.98. The van der Waals surface area contributed by atoms with Crippen LogP contribution in [0.5, 0.6) is 0 Å². The van der Waals surface area contributed by atoms with Gasteiger partial charge in [-0.15, -0.1) is 0 Å². The van der Waals surface area contributed by atoms with Crippen molar-refractivity contribution in [3.05, 3.63) is 83.3 Å². The van der Waals surface area contributed by atoms with E-state index in [0.29, 0.717) is 38.4 Å². The zero-order chi connectivity index (χ0) is 28.5. The minimum atomic E-state index is -1.15. The number of cyclic esters (lactones) is 1. The monoisotopic (exact) mass is 549 g/mol. The average molecular weight is 550 g/mol. The molecule has 0 bridgehead atoms. The molecule has 2 amide bonds. The van der Waals surface area contributed by atoms with Crippen molar-refractivity contribution < 1.29 is 38.1 Å². The van der Waals surface area contributed by atoms with Gasteiger partial charge in [0.2, 0.25) is 11.7 Å². The maximum atomic E-state index is 13.5. The Kier molecular flexibility index (Phi) is 10.2. The van der Waals surface area contributed by atoms with Crippen molar-refractivity contribution in [1.82, 2.24) is 4.90 Å². The Labute approximate surface area is 233 Å². The van der Waals surface area contributed by atoms with Gasteiger partial charge in [0.1, 0.15) is 24.3 Å². The predicted octanol–water partition coefficient (Wildman–Crippen LogP) is 4.75. The van der Waals surface area contributed by atoms with E-state index in [1.807, 2.05) is 61.5 Å². The van der Waals surface area contributed by atoms with E-state index in [2.05, 4.69) is 0 Å². The first-order valence-corrected chi connectivity index (χ1v) is 13.5. The second-order valence-electron chi connectivity index (χ2n) is 9.67. The number of furan rings is 1. The number of ether oxygens (including phenoxy) is 3. The number of nitrogens with zero attached hydrogens (tertiary/aromatic N) is 1. The molecule has 0 spiro atoms. The number of ketones is 1. The van der Waals surface area contributed by atoms with Gasteiger partial charge in [0, 0.05) is 18.6 Å². The molecule has 0 radical (unpaired) electrons. The van der Waals surface area contributed by atoms with Gasteiger partial charge < -0.3 is 23.7 Å². The third kappa shape index (κ3) is 7.04. The number of rotatable bonds is 14. The molecule has 212 valence electrons. The Bertz CT molecular complexity index is 1300. The molecule has 9 nitrogen and oxygen atoms in total. The summed E-state index contributed by atoms with van der Waals surface area (Å²) >= 11 is 0. The Hall–Kier alpha value is -3.79. The summed E-state index contributed by atoms with van der Waals surface area (Å²) in [6.45, 7) is 5.03. The summed E-state index contributed by atoms with van der Waals surface area (Å²) in [5.41, 5.74) is 3.50. The molecule has 0 aliphatic carbocycles. The number of Topliss-reactive ketones (excluding diaryl/α,β-unsaturated/α-hetero) is 1. The molecule has 40 heavy (non-hydrogen) atoms. The van der Waals surface area contributed by atoms with Crippen LogP contribution in [0.15, 0.2) is 65.1 Å². The van der Waals surface area contributed by atoms with Crippen molar-refractivity contribution in [1.29, 1.82) is 0 Å². The van der Waals surface area contributed by atoms with Crippen LogP contribution in [0.2, 0.25) is 0 Å². The van der Waals surface area contributed by atoms with E-state index in [4.69, 9.17) is 23.7 Å². The SMILES string of the molecule is Cc1cccc(-c2cc(C(=O)[C@H](C)C(=O)N3C(=O)OC[C@@H]3c3ccccc3)oc2CCCOCCOCCO)c1. The zero-order valence-corrected chi connectivity index (χ0v) is 22.8. The molecule has 1 N–H and O–H groups in total. The highest BCUT2D eigenvalue weighted by Crippen LogP contribution is 2.33. The fourth-order valence-electron chi connectivity index (χ4n) is 4.63. The molecule has 1 aliphatic heterocycles. The fraction of sp³-hybridized carbons (Fsp3) is 0.387. The minimum absolute atomic E-state index is 0.0266. The second kappa shape index (κ2) is 14.0. The maximum Gasteiger partial charge on any atom is 0.417 e. The summed E-state index contributed by atoms with van der Waals surface area (Å²) in [6.07, 6.45) is 0.401. The van der Waals surface area contributed by atoms with Crippen molar-refractivity contribution in [3.63, 3.8) is 0 Å². The van der Waals surface area contributed by atoms with Crippen LogP contribution in [-0.2, 0) is 25.4 Å². The molecular weight excluding hydrogens is 514 g/mol. The normalized spacial score (nSPS) is 15.7. The zero-order valence-electron chi connectivity index (χ0n) is 22.8. The molecule has 2 heterocycles. The summed E-state index contributed by atoms with van der Waals surface area (Å²) < 4.78 is 22.0. The van der Waals surface area contributed by atoms with Gasteiger partial charge >= 0.3 is 6.09 Å². The van der Waals surface area contributed by atoms with E-state index in [1.54, 1.807) is 6.07 Å². The van der Waals surface area contributed by atoms with Crippen LogP contribution in [0, 0.1) is 12.8 Å². The van der Waals surface area contributed by atoms with E-state index in [0.717, 1.165) is 27.2 Å². The number of aliphatic hydroxyl groups is 1. The van der Waals surface area contributed by atoms with Crippen molar-refractivity contribution in [2.75, 3.05) is 39.6 Å². The Morgan fingerprint density at radius 2 is 1.77 bits per heavy atom. The molecule has 2 atom stereocenters. The number of carbonyl (C=O) groups is 3. The van der Waals surface area contributed by atoms with Crippen LogP contribution in [0.4, 0.5) is 4.79 Å². The van der Waals surface area contributed by atoms with Crippen molar-refractivity contribution in [3.8, 4) is 11.1 Å². The van der Waals surface area contributed by atoms with E-state index < -0.39 is 29.7 Å². The highest BCUT2D eigenvalue weighted by atomic mass is 16.6. The van der Waals surface area contributed by atoms with Crippen LogP contribution in [-0.4, -0.2) is 67.4 Å². The smallest absolute Gasteiger partial charge is 0.417 e. The van der Waals surface area contributed by atoms with Gasteiger partial charge in [0.15, 0.2) is 5.76 Å². The van der Waals surface area contributed by atoms with Crippen LogP contribution in [0.3, 0.4) is 0 Å². The Morgan fingerprint density at radius 3 is 2.50 bits per heavy atom. The molecule has 1 aromatic heterocycles. The summed E-state index contributed by atoms with van der Waals surface area (Å²) in [5, 5.41) is 8.76. The number of hydrogen-bond acceptors (Lipinski definition) is 8. The van der Waals surface area contributed by atoms with Gasteiger partial charge in [-0.25, -0.2) is 9.69 Å². The number of amides is 2. The number of imide groups is 1. The first-order valence-electron chi connectivity index (χ1n) is 13.5. The number of hydrogen-bond donors (Lipinski definition) is 1. The first kappa shape index (κ1) is 29.2. The van der Waals surface area contributed by atoms with Crippen LogP contribution < -0.4 is 0 Å². The third-order valence-electron chi connectivity index (χ3n) is 6.74. The molecule has 0 saturated carbocycles. The van der Waals surface area contributed by atoms with Gasteiger partial charge in [-0.2, -0.15) is 0 Å². The molecule has 1 aliphatic rings. The van der Waals surface area contributed by atoms with Gasteiger partial charge in [-0.05, 0) is 37.5 Å². The molecule has 2 aromatic carbocycles. The number of aliphatic hydroxyl groups excluding tert-OH is 1. The highest BCUT2D eigenvalue weighted by Gasteiger charge is 2.42.